The molecule has 0 saturated carbocycles. The standard InChI is InChI=1S/C10H14O2/c1-6-3-4-8-5-9(11)10(12-8)7(6)2/h7-8,10H,1,3-5H2,2H3. The minimum Gasteiger partial charge on any atom is -0.366 e. The molecule has 2 rings (SSSR count). The molecule has 0 aromatic heterocycles. The van der Waals surface area contributed by atoms with Gasteiger partial charge in [0.05, 0.1) is 6.10 Å². The summed E-state index contributed by atoms with van der Waals surface area (Å²) in [5.74, 6) is 0.498. The Hall–Kier alpha value is -0.630. The van der Waals surface area contributed by atoms with Crippen LogP contribution in [0.2, 0.25) is 0 Å². The second kappa shape index (κ2) is 2.70. The van der Waals surface area contributed by atoms with Crippen molar-refractivity contribution in [2.24, 2.45) is 5.92 Å². The molecule has 0 spiro atoms. The number of ether oxygens (including phenoxy) is 1. The summed E-state index contributed by atoms with van der Waals surface area (Å²) in [6.07, 6.45) is 2.64. The molecule has 0 aromatic carbocycles. The van der Waals surface area contributed by atoms with Crippen molar-refractivity contribution in [2.45, 2.75) is 38.4 Å². The highest BCUT2D eigenvalue weighted by Crippen LogP contribution is 2.34. The summed E-state index contributed by atoms with van der Waals surface area (Å²) in [6, 6.07) is 0. The van der Waals surface area contributed by atoms with Crippen molar-refractivity contribution in [1.29, 1.82) is 0 Å². The minimum atomic E-state index is -0.176. The molecule has 3 unspecified atom stereocenters. The minimum absolute atomic E-state index is 0.176. The Labute approximate surface area is 72.6 Å². The van der Waals surface area contributed by atoms with Crippen LogP contribution in [0.3, 0.4) is 0 Å². The van der Waals surface area contributed by atoms with Crippen molar-refractivity contribution < 1.29 is 9.53 Å². The van der Waals surface area contributed by atoms with Crippen LogP contribution in [0.5, 0.6) is 0 Å². The number of ketones is 1. The van der Waals surface area contributed by atoms with Crippen LogP contribution >= 0.6 is 0 Å². The van der Waals surface area contributed by atoms with E-state index in [0.29, 0.717) is 6.42 Å². The van der Waals surface area contributed by atoms with Crippen molar-refractivity contribution in [3.05, 3.63) is 12.2 Å². The number of fused-ring (bicyclic) bond motifs is 2. The number of Topliss-reactive ketones (excluding diaryl/α,β-unsaturated/α-hetero) is 1. The van der Waals surface area contributed by atoms with Crippen molar-refractivity contribution in [2.75, 3.05) is 0 Å². The molecule has 66 valence electrons. The van der Waals surface area contributed by atoms with Crippen LogP contribution in [0.4, 0.5) is 0 Å². The largest absolute Gasteiger partial charge is 0.366 e. The number of carbonyl (C=O) groups excluding carboxylic acids is 1. The maximum absolute atomic E-state index is 11.4. The van der Waals surface area contributed by atoms with Crippen molar-refractivity contribution in [1.82, 2.24) is 0 Å². The predicted molar refractivity (Wildman–Crippen MR) is 45.8 cm³/mol. The van der Waals surface area contributed by atoms with Gasteiger partial charge in [0.1, 0.15) is 6.10 Å². The van der Waals surface area contributed by atoms with Gasteiger partial charge >= 0.3 is 0 Å². The van der Waals surface area contributed by atoms with Crippen LogP contribution in [0, 0.1) is 5.92 Å². The van der Waals surface area contributed by atoms with E-state index in [-0.39, 0.29) is 23.9 Å². The molecule has 2 nitrogen and oxygen atoms in total. The van der Waals surface area contributed by atoms with Crippen LogP contribution in [0.1, 0.15) is 26.2 Å². The normalized spacial score (nSPS) is 41.6. The van der Waals surface area contributed by atoms with Crippen molar-refractivity contribution in [3.8, 4) is 0 Å². The van der Waals surface area contributed by atoms with E-state index >= 15 is 0 Å². The predicted octanol–water partition coefficient (Wildman–Crippen LogP) is 1.70. The monoisotopic (exact) mass is 166 g/mol. The summed E-state index contributed by atoms with van der Waals surface area (Å²) < 4.78 is 5.61. The third-order valence-electron chi connectivity index (χ3n) is 2.97. The van der Waals surface area contributed by atoms with Crippen molar-refractivity contribution >= 4 is 5.78 Å². The first-order valence-electron chi connectivity index (χ1n) is 4.54. The summed E-state index contributed by atoms with van der Waals surface area (Å²) in [7, 11) is 0. The lowest BCUT2D eigenvalue weighted by atomic mass is 9.88. The van der Waals surface area contributed by atoms with E-state index in [1.807, 2.05) is 6.92 Å². The summed E-state index contributed by atoms with van der Waals surface area (Å²) in [5, 5.41) is 0. The smallest absolute Gasteiger partial charge is 0.164 e. The lowest BCUT2D eigenvalue weighted by molar-refractivity contribution is -0.123. The molecule has 2 heteroatoms. The molecule has 12 heavy (non-hydrogen) atoms. The van der Waals surface area contributed by atoms with Gasteiger partial charge in [0.15, 0.2) is 5.78 Å². The van der Waals surface area contributed by atoms with E-state index in [9.17, 15) is 4.79 Å². The van der Waals surface area contributed by atoms with Gasteiger partial charge in [-0.1, -0.05) is 19.1 Å². The Morgan fingerprint density at radius 2 is 2.33 bits per heavy atom. The van der Waals surface area contributed by atoms with Gasteiger partial charge in [-0.05, 0) is 12.8 Å². The van der Waals surface area contributed by atoms with E-state index in [4.69, 9.17) is 4.74 Å². The van der Waals surface area contributed by atoms with E-state index in [0.717, 1.165) is 12.8 Å². The summed E-state index contributed by atoms with van der Waals surface area (Å²) in [4.78, 5) is 11.4. The summed E-state index contributed by atoms with van der Waals surface area (Å²) >= 11 is 0. The fourth-order valence-corrected chi connectivity index (χ4v) is 2.03. The van der Waals surface area contributed by atoms with E-state index in [2.05, 4.69) is 6.58 Å². The fraction of sp³-hybridized carbons (Fsp3) is 0.700. The summed E-state index contributed by atoms with van der Waals surface area (Å²) in [6.45, 7) is 6.02. The van der Waals surface area contributed by atoms with Gasteiger partial charge in [0.2, 0.25) is 0 Å². The highest BCUT2D eigenvalue weighted by Gasteiger charge is 2.40. The van der Waals surface area contributed by atoms with Crippen LogP contribution < -0.4 is 0 Å². The van der Waals surface area contributed by atoms with E-state index < -0.39 is 0 Å². The zero-order valence-corrected chi connectivity index (χ0v) is 7.38. The number of hydrogen-bond acceptors (Lipinski definition) is 2. The fourth-order valence-electron chi connectivity index (χ4n) is 2.03. The van der Waals surface area contributed by atoms with Crippen LogP contribution in [0.25, 0.3) is 0 Å². The quantitative estimate of drug-likeness (QED) is 0.512. The van der Waals surface area contributed by atoms with E-state index in [1.54, 1.807) is 0 Å². The third-order valence-corrected chi connectivity index (χ3v) is 2.97. The molecule has 0 aromatic rings. The lowest BCUT2D eigenvalue weighted by Gasteiger charge is -2.16. The number of rotatable bonds is 0. The van der Waals surface area contributed by atoms with Gasteiger partial charge in [-0.2, -0.15) is 0 Å². The zero-order valence-electron chi connectivity index (χ0n) is 7.38. The zero-order chi connectivity index (χ0) is 8.72. The highest BCUT2D eigenvalue weighted by atomic mass is 16.5. The van der Waals surface area contributed by atoms with Gasteiger partial charge in [-0.25, -0.2) is 0 Å². The van der Waals surface area contributed by atoms with Crippen LogP contribution in [-0.4, -0.2) is 18.0 Å². The molecule has 2 fully saturated rings. The average molecular weight is 166 g/mol. The Morgan fingerprint density at radius 3 is 3.08 bits per heavy atom. The molecular weight excluding hydrogens is 152 g/mol. The second-order valence-electron chi connectivity index (χ2n) is 3.83. The number of hydrogen-bond donors (Lipinski definition) is 0. The van der Waals surface area contributed by atoms with Gasteiger partial charge in [-0.3, -0.25) is 4.79 Å². The molecule has 2 saturated heterocycles. The molecule has 0 radical (unpaired) electrons. The molecule has 2 heterocycles. The third kappa shape index (κ3) is 1.11. The lowest BCUT2D eigenvalue weighted by Crippen LogP contribution is -2.24. The van der Waals surface area contributed by atoms with Crippen LogP contribution in [0.15, 0.2) is 12.2 Å². The molecule has 0 aliphatic carbocycles. The molecule has 2 aliphatic heterocycles. The Kier molecular flexibility index (Phi) is 1.80. The first-order chi connectivity index (χ1) is 5.68. The summed E-state index contributed by atoms with van der Waals surface area (Å²) in [5.41, 5.74) is 1.18. The van der Waals surface area contributed by atoms with Gasteiger partial charge in [-0.15, -0.1) is 0 Å². The molecular formula is C10H14O2. The van der Waals surface area contributed by atoms with Gasteiger partial charge in [0.25, 0.3) is 0 Å². The topological polar surface area (TPSA) is 26.3 Å². The first-order valence-corrected chi connectivity index (χ1v) is 4.54. The molecule has 2 aliphatic rings. The average Bonchev–Trinajstić information content (AvgIpc) is 2.35. The molecule has 0 N–H and O–H groups in total. The molecule has 0 amide bonds. The Balaban J connectivity index is 2.23. The molecule has 3 atom stereocenters. The second-order valence-corrected chi connectivity index (χ2v) is 3.83. The highest BCUT2D eigenvalue weighted by molar-refractivity contribution is 5.86. The van der Waals surface area contributed by atoms with E-state index in [1.165, 1.54) is 5.57 Å². The Bertz CT molecular complexity index is 230. The maximum Gasteiger partial charge on any atom is 0.164 e. The SMILES string of the molecule is C=C1CCC2CC(=O)C(O2)C1C. The Morgan fingerprint density at radius 1 is 1.58 bits per heavy atom. The number of carbonyl (C=O) groups is 1. The molecule has 2 bridgehead atoms. The maximum atomic E-state index is 11.4. The first kappa shape index (κ1) is 7.99. The van der Waals surface area contributed by atoms with Gasteiger partial charge < -0.3 is 4.74 Å². The van der Waals surface area contributed by atoms with Crippen molar-refractivity contribution in [3.63, 3.8) is 0 Å². The van der Waals surface area contributed by atoms with Gasteiger partial charge in [0, 0.05) is 12.3 Å². The van der Waals surface area contributed by atoms with Crippen LogP contribution in [-0.2, 0) is 9.53 Å².